The molecule has 0 aromatic heterocycles. The van der Waals surface area contributed by atoms with Crippen molar-refractivity contribution < 1.29 is 9.53 Å². The Labute approximate surface area is 144 Å². The molecule has 1 aromatic rings. The summed E-state index contributed by atoms with van der Waals surface area (Å²) in [6, 6.07) is 7.54. The molecule has 1 spiro atoms. The SMILES string of the molecule is C/C1=C\CCC2(CCNCC2)CNC(=O)c2ccccc2OCC1. The second-order valence-corrected chi connectivity index (χ2v) is 7.12. The molecule has 0 unspecified atom stereocenters. The van der Waals surface area contributed by atoms with E-state index in [1.807, 2.05) is 24.3 Å². The van der Waals surface area contributed by atoms with Gasteiger partial charge in [0, 0.05) is 13.0 Å². The van der Waals surface area contributed by atoms with Crippen LogP contribution in [0.3, 0.4) is 0 Å². The van der Waals surface area contributed by atoms with Crippen molar-refractivity contribution in [1.29, 1.82) is 0 Å². The molecule has 2 aliphatic rings. The van der Waals surface area contributed by atoms with Crippen molar-refractivity contribution in [2.75, 3.05) is 26.2 Å². The molecule has 4 nitrogen and oxygen atoms in total. The predicted octanol–water partition coefficient (Wildman–Crippen LogP) is 3.30. The van der Waals surface area contributed by atoms with Gasteiger partial charge in [-0.3, -0.25) is 4.79 Å². The number of rotatable bonds is 0. The summed E-state index contributed by atoms with van der Waals surface area (Å²) in [5.41, 5.74) is 2.22. The number of carbonyl (C=O) groups excluding carboxylic acids is 1. The van der Waals surface area contributed by atoms with Crippen LogP contribution in [0.2, 0.25) is 0 Å². The van der Waals surface area contributed by atoms with Gasteiger partial charge in [0.1, 0.15) is 5.75 Å². The molecule has 2 N–H and O–H groups in total. The number of hydrogen-bond acceptors (Lipinski definition) is 3. The maximum atomic E-state index is 12.7. The number of fused-ring (bicyclic) bond motifs is 1. The fourth-order valence-electron chi connectivity index (χ4n) is 3.66. The van der Waals surface area contributed by atoms with E-state index in [1.54, 1.807) is 0 Å². The molecule has 0 bridgehead atoms. The summed E-state index contributed by atoms with van der Waals surface area (Å²) in [7, 11) is 0. The van der Waals surface area contributed by atoms with E-state index in [9.17, 15) is 4.79 Å². The third-order valence-electron chi connectivity index (χ3n) is 5.34. The summed E-state index contributed by atoms with van der Waals surface area (Å²) in [6.45, 7) is 5.61. The molecule has 0 atom stereocenters. The average molecular weight is 328 g/mol. The minimum atomic E-state index is -0.0209. The monoisotopic (exact) mass is 328 g/mol. The molecule has 0 saturated carbocycles. The van der Waals surface area contributed by atoms with E-state index in [0.29, 0.717) is 17.9 Å². The Morgan fingerprint density at radius 3 is 2.75 bits per heavy atom. The van der Waals surface area contributed by atoms with Crippen molar-refractivity contribution in [2.45, 2.75) is 39.0 Å². The quantitative estimate of drug-likeness (QED) is 0.719. The molecule has 130 valence electrons. The normalized spacial score (nSPS) is 24.2. The highest BCUT2D eigenvalue weighted by Gasteiger charge is 2.32. The van der Waals surface area contributed by atoms with Crippen molar-refractivity contribution in [1.82, 2.24) is 10.6 Å². The summed E-state index contributed by atoms with van der Waals surface area (Å²) in [4.78, 5) is 12.7. The molecule has 1 saturated heterocycles. The van der Waals surface area contributed by atoms with Crippen LogP contribution >= 0.6 is 0 Å². The standard InChI is InChI=1S/C20H28N2O2/c1-16-5-4-9-20(10-12-21-13-11-20)15-22-19(23)17-6-2-3-7-18(17)24-14-8-16/h2-3,5-7,21H,4,8-15H2,1H3,(H,22,23)/b16-5+. The number of allylic oxidation sites excluding steroid dienone is 1. The number of ether oxygens (including phenoxy) is 1. The van der Waals surface area contributed by atoms with Crippen LogP contribution in [0.15, 0.2) is 35.9 Å². The highest BCUT2D eigenvalue weighted by molar-refractivity contribution is 5.96. The van der Waals surface area contributed by atoms with Gasteiger partial charge in [0.2, 0.25) is 0 Å². The van der Waals surface area contributed by atoms with Crippen molar-refractivity contribution in [3.8, 4) is 5.75 Å². The number of para-hydroxylation sites is 1. The van der Waals surface area contributed by atoms with Crippen LogP contribution in [0, 0.1) is 5.41 Å². The van der Waals surface area contributed by atoms with Gasteiger partial charge in [0.15, 0.2) is 0 Å². The molecular formula is C20H28N2O2. The van der Waals surface area contributed by atoms with E-state index >= 15 is 0 Å². The Morgan fingerprint density at radius 2 is 1.92 bits per heavy atom. The Kier molecular flexibility index (Phi) is 5.56. The summed E-state index contributed by atoms with van der Waals surface area (Å²) >= 11 is 0. The van der Waals surface area contributed by atoms with Crippen LogP contribution in [0.5, 0.6) is 5.75 Å². The number of amides is 1. The van der Waals surface area contributed by atoms with Gasteiger partial charge >= 0.3 is 0 Å². The molecule has 1 amide bonds. The zero-order valence-electron chi connectivity index (χ0n) is 14.6. The molecule has 3 rings (SSSR count). The van der Waals surface area contributed by atoms with Crippen LogP contribution in [-0.4, -0.2) is 32.1 Å². The van der Waals surface area contributed by atoms with Gasteiger partial charge < -0.3 is 15.4 Å². The Bertz CT molecular complexity index is 603. The second-order valence-electron chi connectivity index (χ2n) is 7.12. The predicted molar refractivity (Wildman–Crippen MR) is 96.4 cm³/mol. The topological polar surface area (TPSA) is 50.4 Å². The first-order valence-corrected chi connectivity index (χ1v) is 9.05. The van der Waals surface area contributed by atoms with Gasteiger partial charge in [0.25, 0.3) is 5.91 Å². The second kappa shape index (κ2) is 7.84. The Balaban J connectivity index is 1.83. The maximum Gasteiger partial charge on any atom is 0.255 e. The molecule has 2 heterocycles. The van der Waals surface area contributed by atoms with Gasteiger partial charge in [-0.2, -0.15) is 0 Å². The number of benzene rings is 1. The first kappa shape index (κ1) is 17.0. The van der Waals surface area contributed by atoms with Gasteiger partial charge in [-0.05, 0) is 63.2 Å². The van der Waals surface area contributed by atoms with Crippen molar-refractivity contribution in [3.05, 3.63) is 41.5 Å². The zero-order chi connectivity index (χ0) is 16.8. The fourth-order valence-corrected chi connectivity index (χ4v) is 3.66. The van der Waals surface area contributed by atoms with Gasteiger partial charge in [-0.1, -0.05) is 23.8 Å². The van der Waals surface area contributed by atoms with Crippen LogP contribution < -0.4 is 15.4 Å². The fraction of sp³-hybridized carbons (Fsp3) is 0.550. The van der Waals surface area contributed by atoms with Crippen molar-refractivity contribution in [2.24, 2.45) is 5.41 Å². The van der Waals surface area contributed by atoms with Crippen LogP contribution in [0.25, 0.3) is 0 Å². The molecule has 0 radical (unpaired) electrons. The van der Waals surface area contributed by atoms with E-state index < -0.39 is 0 Å². The highest BCUT2D eigenvalue weighted by atomic mass is 16.5. The van der Waals surface area contributed by atoms with Gasteiger partial charge in [0.05, 0.1) is 12.2 Å². The van der Waals surface area contributed by atoms with Crippen LogP contribution in [0.1, 0.15) is 49.4 Å². The third-order valence-corrected chi connectivity index (χ3v) is 5.34. The highest BCUT2D eigenvalue weighted by Crippen LogP contribution is 2.34. The lowest BCUT2D eigenvalue weighted by Crippen LogP contribution is -2.44. The number of nitrogens with one attached hydrogen (secondary N) is 2. The number of piperidine rings is 1. The summed E-state index contributed by atoms with van der Waals surface area (Å²) in [5.74, 6) is 0.661. The first-order valence-electron chi connectivity index (χ1n) is 9.05. The maximum absolute atomic E-state index is 12.7. The van der Waals surface area contributed by atoms with Crippen LogP contribution in [-0.2, 0) is 0 Å². The molecule has 2 aliphatic heterocycles. The van der Waals surface area contributed by atoms with Gasteiger partial charge in [-0.25, -0.2) is 0 Å². The molecule has 4 heteroatoms. The van der Waals surface area contributed by atoms with Gasteiger partial charge in [-0.15, -0.1) is 0 Å². The Morgan fingerprint density at radius 1 is 1.12 bits per heavy atom. The van der Waals surface area contributed by atoms with Crippen molar-refractivity contribution in [3.63, 3.8) is 0 Å². The van der Waals surface area contributed by atoms with E-state index in [4.69, 9.17) is 4.74 Å². The molecule has 1 aromatic carbocycles. The smallest absolute Gasteiger partial charge is 0.255 e. The minimum absolute atomic E-state index is 0.0209. The molecular weight excluding hydrogens is 300 g/mol. The molecule has 0 aliphatic carbocycles. The molecule has 1 fully saturated rings. The van der Waals surface area contributed by atoms with Crippen molar-refractivity contribution >= 4 is 5.91 Å². The average Bonchev–Trinajstić information content (AvgIpc) is 2.61. The first-order chi connectivity index (χ1) is 11.7. The third kappa shape index (κ3) is 4.18. The lowest BCUT2D eigenvalue weighted by molar-refractivity contribution is 0.0904. The number of hydrogen-bond donors (Lipinski definition) is 2. The summed E-state index contributed by atoms with van der Waals surface area (Å²) in [5, 5.41) is 6.62. The molecule has 24 heavy (non-hydrogen) atoms. The number of carbonyl (C=O) groups is 1. The largest absolute Gasteiger partial charge is 0.492 e. The lowest BCUT2D eigenvalue weighted by Gasteiger charge is -2.38. The Hall–Kier alpha value is -1.81. The minimum Gasteiger partial charge on any atom is -0.492 e. The summed E-state index contributed by atoms with van der Waals surface area (Å²) in [6.07, 6.45) is 7.71. The van der Waals surface area contributed by atoms with E-state index in [0.717, 1.165) is 51.7 Å². The van der Waals surface area contributed by atoms with Crippen LogP contribution in [0.4, 0.5) is 0 Å². The summed E-state index contributed by atoms with van der Waals surface area (Å²) < 4.78 is 5.87. The van der Waals surface area contributed by atoms with E-state index in [-0.39, 0.29) is 11.3 Å². The van der Waals surface area contributed by atoms with E-state index in [2.05, 4.69) is 23.6 Å². The zero-order valence-corrected chi connectivity index (χ0v) is 14.6. The lowest BCUT2D eigenvalue weighted by atomic mass is 9.75. The van der Waals surface area contributed by atoms with E-state index in [1.165, 1.54) is 5.57 Å².